The van der Waals surface area contributed by atoms with E-state index in [0.717, 1.165) is 38.7 Å². The molecule has 0 aromatic carbocycles. The maximum Gasteiger partial charge on any atom is 0.0593 e. The van der Waals surface area contributed by atoms with Crippen molar-refractivity contribution in [2.45, 2.75) is 39.2 Å². The molecule has 0 radical (unpaired) electrons. The number of ether oxygens (including phenoxy) is 2. The fourth-order valence-corrected chi connectivity index (χ4v) is 2.55. The summed E-state index contributed by atoms with van der Waals surface area (Å²) in [5.74, 6) is 0.858. The Balaban J connectivity index is 2.13. The van der Waals surface area contributed by atoms with Crippen LogP contribution >= 0.6 is 0 Å². The third-order valence-electron chi connectivity index (χ3n) is 3.84. The molecule has 0 spiro atoms. The van der Waals surface area contributed by atoms with Gasteiger partial charge in [0.05, 0.1) is 6.61 Å². The first-order valence-electron chi connectivity index (χ1n) is 7.75. The Morgan fingerprint density at radius 3 is 2.53 bits per heavy atom. The number of methoxy groups -OCH3 is 1. The van der Waals surface area contributed by atoms with Crippen LogP contribution in [0.1, 0.15) is 33.1 Å². The van der Waals surface area contributed by atoms with Crippen LogP contribution in [0.2, 0.25) is 0 Å². The van der Waals surface area contributed by atoms with E-state index in [4.69, 9.17) is 9.47 Å². The van der Waals surface area contributed by atoms with Gasteiger partial charge in [-0.1, -0.05) is 0 Å². The van der Waals surface area contributed by atoms with Gasteiger partial charge in [-0.2, -0.15) is 0 Å². The van der Waals surface area contributed by atoms with E-state index < -0.39 is 0 Å². The highest BCUT2D eigenvalue weighted by Crippen LogP contribution is 2.14. The number of hydrogen-bond acceptors (Lipinski definition) is 4. The minimum Gasteiger partial charge on any atom is -0.385 e. The second-order valence-corrected chi connectivity index (χ2v) is 5.74. The molecule has 0 atom stereocenters. The van der Waals surface area contributed by atoms with E-state index in [9.17, 15) is 0 Å². The largest absolute Gasteiger partial charge is 0.385 e. The van der Waals surface area contributed by atoms with Crippen LogP contribution in [0.5, 0.6) is 0 Å². The van der Waals surface area contributed by atoms with Gasteiger partial charge in [0.2, 0.25) is 0 Å². The van der Waals surface area contributed by atoms with Crippen molar-refractivity contribution in [2.75, 3.05) is 53.1 Å². The molecule has 4 heteroatoms. The molecular formula is C15H32N2O2. The first-order chi connectivity index (χ1) is 9.24. The van der Waals surface area contributed by atoms with Crippen molar-refractivity contribution in [3.8, 4) is 0 Å². The number of nitrogens with zero attached hydrogens (tertiary/aromatic N) is 1. The number of rotatable bonds is 10. The molecular weight excluding hydrogens is 240 g/mol. The predicted octanol–water partition coefficient (Wildman–Crippen LogP) is 1.75. The minimum atomic E-state index is 0.609. The fourth-order valence-electron chi connectivity index (χ4n) is 2.55. The summed E-state index contributed by atoms with van der Waals surface area (Å²) >= 11 is 0. The zero-order valence-electron chi connectivity index (χ0n) is 13.0. The van der Waals surface area contributed by atoms with Gasteiger partial charge in [-0.3, -0.25) is 4.90 Å². The summed E-state index contributed by atoms with van der Waals surface area (Å²) in [6, 6.07) is 0.609. The second kappa shape index (κ2) is 10.6. The van der Waals surface area contributed by atoms with Gasteiger partial charge in [0, 0.05) is 39.5 Å². The van der Waals surface area contributed by atoms with Gasteiger partial charge in [-0.25, -0.2) is 0 Å². The summed E-state index contributed by atoms with van der Waals surface area (Å²) in [6.07, 6.45) is 3.63. The van der Waals surface area contributed by atoms with Crippen LogP contribution < -0.4 is 5.32 Å². The smallest absolute Gasteiger partial charge is 0.0593 e. The molecule has 0 unspecified atom stereocenters. The first-order valence-corrected chi connectivity index (χ1v) is 7.75. The Morgan fingerprint density at radius 2 is 1.89 bits per heavy atom. The van der Waals surface area contributed by atoms with E-state index in [1.807, 2.05) is 0 Å². The third-order valence-corrected chi connectivity index (χ3v) is 3.84. The molecule has 1 heterocycles. The summed E-state index contributed by atoms with van der Waals surface area (Å²) in [4.78, 5) is 2.56. The standard InChI is InChI=1S/C15H32N2O2/c1-14(2)17(9-12-19-11-4-10-18-3)13-15-5-7-16-8-6-15/h14-16H,4-13H2,1-3H3. The summed E-state index contributed by atoms with van der Waals surface area (Å²) in [6.45, 7) is 11.7. The highest BCUT2D eigenvalue weighted by molar-refractivity contribution is 4.74. The summed E-state index contributed by atoms with van der Waals surface area (Å²) < 4.78 is 10.7. The SMILES string of the molecule is COCCCOCCN(CC1CCNCC1)C(C)C. The van der Waals surface area contributed by atoms with E-state index in [1.165, 1.54) is 32.5 Å². The third kappa shape index (κ3) is 7.88. The molecule has 0 aromatic heterocycles. The molecule has 1 aliphatic rings. The van der Waals surface area contributed by atoms with Crippen LogP contribution in [0.3, 0.4) is 0 Å². The molecule has 1 fully saturated rings. The van der Waals surface area contributed by atoms with E-state index in [-0.39, 0.29) is 0 Å². The van der Waals surface area contributed by atoms with Crippen LogP contribution in [0.15, 0.2) is 0 Å². The molecule has 0 amide bonds. The summed E-state index contributed by atoms with van der Waals surface area (Å²) in [5.41, 5.74) is 0. The Hall–Kier alpha value is -0.160. The van der Waals surface area contributed by atoms with Crippen molar-refractivity contribution < 1.29 is 9.47 Å². The predicted molar refractivity (Wildman–Crippen MR) is 79.6 cm³/mol. The molecule has 0 bridgehead atoms. The van der Waals surface area contributed by atoms with Crippen molar-refractivity contribution in [3.63, 3.8) is 0 Å². The lowest BCUT2D eigenvalue weighted by atomic mass is 9.97. The zero-order valence-corrected chi connectivity index (χ0v) is 13.0. The highest BCUT2D eigenvalue weighted by atomic mass is 16.5. The van der Waals surface area contributed by atoms with Gasteiger partial charge in [0.1, 0.15) is 0 Å². The van der Waals surface area contributed by atoms with Gasteiger partial charge in [-0.15, -0.1) is 0 Å². The van der Waals surface area contributed by atoms with Crippen molar-refractivity contribution in [2.24, 2.45) is 5.92 Å². The van der Waals surface area contributed by atoms with Crippen LogP contribution in [0, 0.1) is 5.92 Å². The quantitative estimate of drug-likeness (QED) is 0.614. The molecule has 19 heavy (non-hydrogen) atoms. The molecule has 0 aromatic rings. The average molecular weight is 272 g/mol. The average Bonchev–Trinajstić information content (AvgIpc) is 2.42. The Morgan fingerprint density at radius 1 is 1.16 bits per heavy atom. The van der Waals surface area contributed by atoms with Crippen LogP contribution in [-0.2, 0) is 9.47 Å². The number of nitrogens with one attached hydrogen (secondary N) is 1. The Bertz CT molecular complexity index is 206. The van der Waals surface area contributed by atoms with Crippen LogP contribution in [-0.4, -0.2) is 64.1 Å². The fraction of sp³-hybridized carbons (Fsp3) is 1.00. The molecule has 1 saturated heterocycles. The van der Waals surface area contributed by atoms with Crippen molar-refractivity contribution in [3.05, 3.63) is 0 Å². The maximum atomic E-state index is 5.67. The van der Waals surface area contributed by atoms with Crippen molar-refractivity contribution >= 4 is 0 Å². The second-order valence-electron chi connectivity index (χ2n) is 5.74. The lowest BCUT2D eigenvalue weighted by molar-refractivity contribution is 0.0686. The van der Waals surface area contributed by atoms with Crippen LogP contribution in [0.25, 0.3) is 0 Å². The van der Waals surface area contributed by atoms with Gasteiger partial charge < -0.3 is 14.8 Å². The Kier molecular flexibility index (Phi) is 9.43. The number of piperidine rings is 1. The molecule has 1 N–H and O–H groups in total. The molecule has 114 valence electrons. The van der Waals surface area contributed by atoms with E-state index in [0.29, 0.717) is 6.04 Å². The molecule has 0 aliphatic carbocycles. The normalized spacial score (nSPS) is 17.5. The lowest BCUT2D eigenvalue weighted by Crippen LogP contribution is -2.41. The maximum absolute atomic E-state index is 5.67. The van der Waals surface area contributed by atoms with Gasteiger partial charge in [0.25, 0.3) is 0 Å². The first kappa shape index (κ1) is 16.9. The van der Waals surface area contributed by atoms with Gasteiger partial charge in [-0.05, 0) is 52.1 Å². The summed E-state index contributed by atoms with van der Waals surface area (Å²) in [5, 5.41) is 3.43. The van der Waals surface area contributed by atoms with E-state index >= 15 is 0 Å². The Labute approximate surface area is 118 Å². The molecule has 1 rings (SSSR count). The van der Waals surface area contributed by atoms with E-state index in [1.54, 1.807) is 7.11 Å². The zero-order chi connectivity index (χ0) is 13.9. The lowest BCUT2D eigenvalue weighted by Gasteiger charge is -2.32. The molecule has 0 saturated carbocycles. The molecule has 1 aliphatic heterocycles. The highest BCUT2D eigenvalue weighted by Gasteiger charge is 2.18. The molecule has 4 nitrogen and oxygen atoms in total. The van der Waals surface area contributed by atoms with Gasteiger partial charge >= 0.3 is 0 Å². The number of hydrogen-bond donors (Lipinski definition) is 1. The van der Waals surface area contributed by atoms with Gasteiger partial charge in [0.15, 0.2) is 0 Å². The topological polar surface area (TPSA) is 33.7 Å². The monoisotopic (exact) mass is 272 g/mol. The van der Waals surface area contributed by atoms with E-state index in [2.05, 4.69) is 24.1 Å². The van der Waals surface area contributed by atoms with Crippen LogP contribution in [0.4, 0.5) is 0 Å². The summed E-state index contributed by atoms with van der Waals surface area (Å²) in [7, 11) is 1.74. The van der Waals surface area contributed by atoms with Crippen molar-refractivity contribution in [1.29, 1.82) is 0 Å². The van der Waals surface area contributed by atoms with Crippen molar-refractivity contribution in [1.82, 2.24) is 10.2 Å². The minimum absolute atomic E-state index is 0.609.